The van der Waals surface area contributed by atoms with E-state index >= 15 is 0 Å². The highest BCUT2D eigenvalue weighted by atomic mass is 16.1. The number of nitrogens with zero attached hydrogens (tertiary/aromatic N) is 1. The van der Waals surface area contributed by atoms with Gasteiger partial charge in [-0.15, -0.1) is 0 Å². The largest absolute Gasteiger partial charge is 0.399 e. The van der Waals surface area contributed by atoms with Crippen LogP contribution in [0.5, 0.6) is 0 Å². The first kappa shape index (κ1) is 12.9. The van der Waals surface area contributed by atoms with Crippen LogP contribution in [0.1, 0.15) is 35.6 Å². The zero-order valence-electron chi connectivity index (χ0n) is 11.4. The fourth-order valence-electron chi connectivity index (χ4n) is 2.85. The van der Waals surface area contributed by atoms with Crippen molar-refractivity contribution in [3.8, 4) is 0 Å². The first-order valence-electron chi connectivity index (χ1n) is 7.05. The predicted octanol–water partition coefficient (Wildman–Crippen LogP) is 2.90. The van der Waals surface area contributed by atoms with E-state index in [9.17, 15) is 4.79 Å². The fourth-order valence-corrected chi connectivity index (χ4v) is 2.85. The van der Waals surface area contributed by atoms with Gasteiger partial charge in [0.05, 0.1) is 11.6 Å². The van der Waals surface area contributed by atoms with E-state index in [1.807, 2.05) is 30.3 Å². The number of ketones is 1. The number of carbonyl (C=O) groups excluding carboxylic acids is 1. The maximum atomic E-state index is 12.4. The van der Waals surface area contributed by atoms with E-state index in [1.54, 1.807) is 6.20 Å². The zero-order valence-corrected chi connectivity index (χ0v) is 11.4. The Morgan fingerprint density at radius 1 is 1.25 bits per heavy atom. The van der Waals surface area contributed by atoms with Crippen LogP contribution in [-0.4, -0.2) is 10.8 Å². The molecule has 0 spiro atoms. The Balaban J connectivity index is 1.65. The van der Waals surface area contributed by atoms with Crippen LogP contribution in [0.2, 0.25) is 0 Å². The molecule has 1 aliphatic carbocycles. The van der Waals surface area contributed by atoms with Crippen LogP contribution in [-0.2, 0) is 17.6 Å². The Hall–Kier alpha value is -2.16. The number of anilines is 1. The number of carbonyl (C=O) groups is 1. The van der Waals surface area contributed by atoms with Crippen LogP contribution in [0.15, 0.2) is 42.6 Å². The molecule has 1 atom stereocenters. The van der Waals surface area contributed by atoms with Crippen LogP contribution >= 0.6 is 0 Å². The van der Waals surface area contributed by atoms with Crippen molar-refractivity contribution in [2.75, 3.05) is 5.73 Å². The van der Waals surface area contributed by atoms with Gasteiger partial charge in [-0.05, 0) is 48.6 Å². The summed E-state index contributed by atoms with van der Waals surface area (Å²) in [7, 11) is 0. The molecule has 0 bridgehead atoms. The SMILES string of the molecule is Nc1ccc(CCC(=O)C2CCc3cccnc32)cc1. The number of hydrogen-bond donors (Lipinski definition) is 1. The second-order valence-electron chi connectivity index (χ2n) is 5.35. The molecule has 1 heterocycles. The van der Waals surface area contributed by atoms with Crippen molar-refractivity contribution in [3.63, 3.8) is 0 Å². The Bertz CT molecular complexity index is 619. The van der Waals surface area contributed by atoms with E-state index in [0.717, 1.165) is 36.2 Å². The molecule has 1 aliphatic rings. The van der Waals surface area contributed by atoms with Crippen molar-refractivity contribution in [1.29, 1.82) is 0 Å². The summed E-state index contributed by atoms with van der Waals surface area (Å²) >= 11 is 0. The summed E-state index contributed by atoms with van der Waals surface area (Å²) in [4.78, 5) is 16.8. The minimum Gasteiger partial charge on any atom is -0.399 e. The maximum absolute atomic E-state index is 12.4. The normalized spacial score (nSPS) is 16.9. The van der Waals surface area contributed by atoms with Gasteiger partial charge in [-0.25, -0.2) is 0 Å². The molecule has 3 heteroatoms. The van der Waals surface area contributed by atoms with Crippen LogP contribution in [0, 0.1) is 0 Å². The highest BCUT2D eigenvalue weighted by Gasteiger charge is 2.28. The van der Waals surface area contributed by atoms with Gasteiger partial charge in [0.25, 0.3) is 0 Å². The van der Waals surface area contributed by atoms with Crippen molar-refractivity contribution in [2.45, 2.75) is 31.6 Å². The summed E-state index contributed by atoms with van der Waals surface area (Å²) in [5.74, 6) is 0.305. The van der Waals surface area contributed by atoms with Crippen LogP contribution in [0.25, 0.3) is 0 Å². The number of fused-ring (bicyclic) bond motifs is 1. The lowest BCUT2D eigenvalue weighted by atomic mass is 9.96. The molecule has 2 aromatic rings. The quantitative estimate of drug-likeness (QED) is 0.866. The fraction of sp³-hybridized carbons (Fsp3) is 0.294. The van der Waals surface area contributed by atoms with Crippen molar-refractivity contribution >= 4 is 11.5 Å². The van der Waals surface area contributed by atoms with Gasteiger partial charge in [0.2, 0.25) is 0 Å². The van der Waals surface area contributed by atoms with Crippen molar-refractivity contribution < 1.29 is 4.79 Å². The number of rotatable bonds is 4. The molecule has 0 radical (unpaired) electrons. The summed E-state index contributed by atoms with van der Waals surface area (Å²) in [6, 6.07) is 11.8. The summed E-state index contributed by atoms with van der Waals surface area (Å²) in [5.41, 5.74) is 9.81. The van der Waals surface area contributed by atoms with E-state index in [2.05, 4.69) is 11.1 Å². The molecule has 0 aliphatic heterocycles. The number of nitrogens with two attached hydrogens (primary N) is 1. The van der Waals surface area contributed by atoms with Gasteiger partial charge in [-0.3, -0.25) is 9.78 Å². The molecule has 2 N–H and O–H groups in total. The lowest BCUT2D eigenvalue weighted by molar-refractivity contribution is -0.120. The van der Waals surface area contributed by atoms with Crippen LogP contribution in [0.4, 0.5) is 5.69 Å². The third-order valence-corrected chi connectivity index (χ3v) is 3.99. The second-order valence-corrected chi connectivity index (χ2v) is 5.35. The third kappa shape index (κ3) is 2.57. The van der Waals surface area contributed by atoms with Crippen molar-refractivity contribution in [2.24, 2.45) is 0 Å². The monoisotopic (exact) mass is 266 g/mol. The number of pyridine rings is 1. The molecular formula is C17H18N2O. The third-order valence-electron chi connectivity index (χ3n) is 3.99. The number of aryl methyl sites for hydroxylation is 2. The molecule has 1 aromatic carbocycles. The summed E-state index contributed by atoms with van der Waals surface area (Å²) in [6.45, 7) is 0. The smallest absolute Gasteiger partial charge is 0.142 e. The first-order chi connectivity index (χ1) is 9.74. The Morgan fingerprint density at radius 2 is 2.05 bits per heavy atom. The van der Waals surface area contributed by atoms with Gasteiger partial charge < -0.3 is 5.73 Å². The summed E-state index contributed by atoms with van der Waals surface area (Å²) in [5, 5.41) is 0. The van der Waals surface area contributed by atoms with E-state index in [0.29, 0.717) is 12.2 Å². The minimum absolute atomic E-state index is 0.0000170. The average molecular weight is 266 g/mol. The second kappa shape index (κ2) is 5.45. The molecule has 3 rings (SSSR count). The average Bonchev–Trinajstić information content (AvgIpc) is 2.90. The molecule has 3 nitrogen and oxygen atoms in total. The molecule has 0 fully saturated rings. The lowest BCUT2D eigenvalue weighted by Gasteiger charge is -2.09. The molecule has 20 heavy (non-hydrogen) atoms. The molecule has 1 unspecified atom stereocenters. The number of benzene rings is 1. The van der Waals surface area contributed by atoms with E-state index in [-0.39, 0.29) is 5.92 Å². The van der Waals surface area contributed by atoms with Crippen LogP contribution in [0.3, 0.4) is 0 Å². The summed E-state index contributed by atoms with van der Waals surface area (Å²) < 4.78 is 0. The molecule has 0 saturated heterocycles. The van der Waals surface area contributed by atoms with Gasteiger partial charge in [0.1, 0.15) is 5.78 Å². The minimum atomic E-state index is -0.0000170. The van der Waals surface area contributed by atoms with Gasteiger partial charge in [0, 0.05) is 18.3 Å². The number of nitrogen functional groups attached to an aromatic ring is 1. The summed E-state index contributed by atoms with van der Waals surface area (Å²) in [6.07, 6.45) is 5.02. The lowest BCUT2D eigenvalue weighted by Crippen LogP contribution is -2.11. The van der Waals surface area contributed by atoms with E-state index in [4.69, 9.17) is 5.73 Å². The van der Waals surface area contributed by atoms with Crippen LogP contribution < -0.4 is 5.73 Å². The van der Waals surface area contributed by atoms with Crippen molar-refractivity contribution in [1.82, 2.24) is 4.98 Å². The van der Waals surface area contributed by atoms with E-state index < -0.39 is 0 Å². The van der Waals surface area contributed by atoms with Crippen molar-refractivity contribution in [3.05, 3.63) is 59.4 Å². The Labute approximate surface area is 118 Å². The molecule has 102 valence electrons. The maximum Gasteiger partial charge on any atom is 0.142 e. The molecule has 1 aromatic heterocycles. The highest BCUT2D eigenvalue weighted by molar-refractivity contribution is 5.86. The number of hydrogen-bond acceptors (Lipinski definition) is 3. The van der Waals surface area contributed by atoms with Gasteiger partial charge in [0.15, 0.2) is 0 Å². The van der Waals surface area contributed by atoms with Gasteiger partial charge in [-0.1, -0.05) is 18.2 Å². The molecule has 0 amide bonds. The molecular weight excluding hydrogens is 248 g/mol. The van der Waals surface area contributed by atoms with E-state index in [1.165, 1.54) is 5.56 Å². The Morgan fingerprint density at radius 3 is 2.85 bits per heavy atom. The zero-order chi connectivity index (χ0) is 13.9. The first-order valence-corrected chi connectivity index (χ1v) is 7.05. The molecule has 0 saturated carbocycles. The van der Waals surface area contributed by atoms with Gasteiger partial charge >= 0.3 is 0 Å². The van der Waals surface area contributed by atoms with Gasteiger partial charge in [-0.2, -0.15) is 0 Å². The highest BCUT2D eigenvalue weighted by Crippen LogP contribution is 2.32. The predicted molar refractivity (Wildman–Crippen MR) is 79.5 cm³/mol. The number of Topliss-reactive ketones (excluding diaryl/α,β-unsaturated/α-hetero) is 1. The standard InChI is InChI=1S/C17H18N2O/c18-14-7-3-12(4-8-14)5-10-16(20)15-9-6-13-2-1-11-19-17(13)15/h1-4,7-8,11,15H,5-6,9-10,18H2. The number of aromatic nitrogens is 1. The topological polar surface area (TPSA) is 56.0 Å². The Kier molecular flexibility index (Phi) is 3.50.